The molecule has 0 unspecified atom stereocenters. The number of urea groups is 1. The van der Waals surface area contributed by atoms with E-state index in [2.05, 4.69) is 10.6 Å². The van der Waals surface area contributed by atoms with Gasteiger partial charge in [-0.1, -0.05) is 19.3 Å². The Morgan fingerprint density at radius 1 is 0.917 bits per heavy atom. The normalized spacial score (nSPS) is 19.0. The zero-order valence-electron chi connectivity index (χ0n) is 14.7. The van der Waals surface area contributed by atoms with E-state index < -0.39 is 0 Å². The van der Waals surface area contributed by atoms with Gasteiger partial charge in [-0.3, -0.25) is 9.59 Å². The summed E-state index contributed by atoms with van der Waals surface area (Å²) in [5.74, 6) is 0.688. The highest BCUT2D eigenvalue weighted by Gasteiger charge is 2.22. The first-order chi connectivity index (χ1) is 11.6. The van der Waals surface area contributed by atoms with Crippen LogP contribution in [0.2, 0.25) is 0 Å². The van der Waals surface area contributed by atoms with Crippen LogP contribution in [0.3, 0.4) is 0 Å². The molecule has 2 N–H and O–H groups in total. The molecule has 1 aliphatic heterocycles. The van der Waals surface area contributed by atoms with Crippen molar-refractivity contribution in [3.05, 3.63) is 0 Å². The van der Waals surface area contributed by atoms with Gasteiger partial charge in [-0.2, -0.15) is 0 Å². The summed E-state index contributed by atoms with van der Waals surface area (Å²) >= 11 is 0. The van der Waals surface area contributed by atoms with Crippen molar-refractivity contribution in [2.45, 2.75) is 45.4 Å². The molecule has 7 nitrogen and oxygen atoms in total. The standard InChI is InChI=1S/C17H30N4O3/c1-14(22)20-9-11-21(12-10-20)16(23)7-8-18-17(24)19-13-15-5-3-2-4-6-15/h15H,2-13H2,1H3,(H2,18,19,24). The fraction of sp³-hybridized carbons (Fsp3) is 0.824. The number of nitrogens with zero attached hydrogens (tertiary/aromatic N) is 2. The Hall–Kier alpha value is -1.79. The first kappa shape index (κ1) is 18.5. The summed E-state index contributed by atoms with van der Waals surface area (Å²) in [6.45, 7) is 4.97. The number of carbonyl (C=O) groups is 3. The molecule has 0 bridgehead atoms. The highest BCUT2D eigenvalue weighted by molar-refractivity contribution is 5.79. The molecule has 7 heteroatoms. The van der Waals surface area contributed by atoms with Crippen LogP contribution >= 0.6 is 0 Å². The molecule has 0 aromatic carbocycles. The average molecular weight is 338 g/mol. The Balaban J connectivity index is 1.55. The zero-order valence-corrected chi connectivity index (χ0v) is 14.7. The number of nitrogens with one attached hydrogen (secondary N) is 2. The third-order valence-corrected chi connectivity index (χ3v) is 4.98. The minimum atomic E-state index is -0.185. The van der Waals surface area contributed by atoms with Gasteiger partial charge in [0.2, 0.25) is 11.8 Å². The lowest BCUT2D eigenvalue weighted by molar-refractivity contribution is -0.138. The summed E-state index contributed by atoms with van der Waals surface area (Å²) in [7, 11) is 0. The maximum Gasteiger partial charge on any atom is 0.314 e. The molecule has 0 radical (unpaired) electrons. The van der Waals surface area contributed by atoms with Crippen LogP contribution in [0, 0.1) is 5.92 Å². The van der Waals surface area contributed by atoms with Crippen LogP contribution in [-0.4, -0.2) is 66.9 Å². The summed E-state index contributed by atoms with van der Waals surface area (Å²) in [5, 5.41) is 5.66. The molecule has 0 spiro atoms. The van der Waals surface area contributed by atoms with Crippen LogP contribution in [0.15, 0.2) is 0 Å². The molecule has 24 heavy (non-hydrogen) atoms. The number of hydrogen-bond acceptors (Lipinski definition) is 3. The van der Waals surface area contributed by atoms with Crippen LogP contribution in [0.25, 0.3) is 0 Å². The van der Waals surface area contributed by atoms with Crippen molar-refractivity contribution in [3.8, 4) is 0 Å². The van der Waals surface area contributed by atoms with Crippen molar-refractivity contribution in [2.24, 2.45) is 5.92 Å². The van der Waals surface area contributed by atoms with Gasteiger partial charge in [0.05, 0.1) is 0 Å². The van der Waals surface area contributed by atoms with Gasteiger partial charge >= 0.3 is 6.03 Å². The Morgan fingerprint density at radius 2 is 1.54 bits per heavy atom. The van der Waals surface area contributed by atoms with Gasteiger partial charge < -0.3 is 20.4 Å². The summed E-state index contributed by atoms with van der Waals surface area (Å²) in [5.41, 5.74) is 0. The monoisotopic (exact) mass is 338 g/mol. The minimum absolute atomic E-state index is 0.0331. The Morgan fingerprint density at radius 3 is 2.17 bits per heavy atom. The molecule has 2 aliphatic rings. The molecular formula is C17H30N4O3. The molecule has 1 saturated heterocycles. The van der Waals surface area contributed by atoms with E-state index in [1.165, 1.54) is 32.1 Å². The van der Waals surface area contributed by atoms with Crippen molar-refractivity contribution < 1.29 is 14.4 Å². The van der Waals surface area contributed by atoms with E-state index in [0.717, 1.165) is 6.54 Å². The molecule has 2 rings (SSSR count). The van der Waals surface area contributed by atoms with E-state index in [4.69, 9.17) is 0 Å². The molecule has 0 aromatic rings. The van der Waals surface area contributed by atoms with Crippen LogP contribution in [0.5, 0.6) is 0 Å². The largest absolute Gasteiger partial charge is 0.339 e. The van der Waals surface area contributed by atoms with Crippen LogP contribution in [0.4, 0.5) is 4.79 Å². The summed E-state index contributed by atoms with van der Waals surface area (Å²) < 4.78 is 0. The van der Waals surface area contributed by atoms with E-state index in [9.17, 15) is 14.4 Å². The smallest absolute Gasteiger partial charge is 0.314 e. The van der Waals surface area contributed by atoms with Crippen LogP contribution < -0.4 is 10.6 Å². The third-order valence-electron chi connectivity index (χ3n) is 4.98. The Kier molecular flexibility index (Phi) is 7.34. The van der Waals surface area contributed by atoms with Crippen molar-refractivity contribution in [2.75, 3.05) is 39.3 Å². The van der Waals surface area contributed by atoms with Gasteiger partial charge in [0.25, 0.3) is 0 Å². The van der Waals surface area contributed by atoms with Gasteiger partial charge in [0, 0.05) is 52.6 Å². The number of carbonyl (C=O) groups excluding carboxylic acids is 3. The number of piperazine rings is 1. The number of rotatable bonds is 5. The molecule has 1 heterocycles. The molecule has 2 fully saturated rings. The van der Waals surface area contributed by atoms with Crippen LogP contribution in [0.1, 0.15) is 45.4 Å². The molecule has 0 atom stereocenters. The average Bonchev–Trinajstić information content (AvgIpc) is 2.61. The van der Waals surface area contributed by atoms with Crippen molar-refractivity contribution >= 4 is 17.8 Å². The Bertz CT molecular complexity index is 441. The molecule has 136 valence electrons. The summed E-state index contributed by atoms with van der Waals surface area (Å²) in [6.07, 6.45) is 6.54. The van der Waals surface area contributed by atoms with Gasteiger partial charge in [-0.15, -0.1) is 0 Å². The van der Waals surface area contributed by atoms with Gasteiger partial charge in [-0.05, 0) is 18.8 Å². The maximum absolute atomic E-state index is 12.1. The second-order valence-electron chi connectivity index (χ2n) is 6.78. The SMILES string of the molecule is CC(=O)N1CCN(C(=O)CCNC(=O)NCC2CCCCC2)CC1. The second-order valence-corrected chi connectivity index (χ2v) is 6.78. The molecule has 1 aliphatic carbocycles. The van der Waals surface area contributed by atoms with Crippen molar-refractivity contribution in [1.82, 2.24) is 20.4 Å². The molecular weight excluding hydrogens is 308 g/mol. The predicted octanol–water partition coefficient (Wildman–Crippen LogP) is 0.947. The quantitative estimate of drug-likeness (QED) is 0.783. The predicted molar refractivity (Wildman–Crippen MR) is 91.4 cm³/mol. The van der Waals surface area contributed by atoms with Gasteiger partial charge in [0.15, 0.2) is 0 Å². The highest BCUT2D eigenvalue weighted by atomic mass is 16.2. The maximum atomic E-state index is 12.1. The first-order valence-electron chi connectivity index (χ1n) is 9.11. The number of hydrogen-bond donors (Lipinski definition) is 2. The lowest BCUT2D eigenvalue weighted by Crippen LogP contribution is -2.50. The van der Waals surface area contributed by atoms with E-state index in [1.54, 1.807) is 16.7 Å². The van der Waals surface area contributed by atoms with Gasteiger partial charge in [0.1, 0.15) is 0 Å². The van der Waals surface area contributed by atoms with Gasteiger partial charge in [-0.25, -0.2) is 4.79 Å². The highest BCUT2D eigenvalue weighted by Crippen LogP contribution is 2.22. The lowest BCUT2D eigenvalue weighted by atomic mass is 9.89. The van der Waals surface area contributed by atoms with E-state index >= 15 is 0 Å². The fourth-order valence-corrected chi connectivity index (χ4v) is 3.40. The lowest BCUT2D eigenvalue weighted by Gasteiger charge is -2.34. The first-order valence-corrected chi connectivity index (χ1v) is 9.11. The van der Waals surface area contributed by atoms with Crippen LogP contribution in [-0.2, 0) is 9.59 Å². The van der Waals surface area contributed by atoms with E-state index in [1.807, 2.05) is 0 Å². The second kappa shape index (κ2) is 9.49. The zero-order chi connectivity index (χ0) is 17.4. The van der Waals surface area contributed by atoms with E-state index in [-0.39, 0.29) is 17.8 Å². The van der Waals surface area contributed by atoms with Crippen molar-refractivity contribution in [1.29, 1.82) is 0 Å². The fourth-order valence-electron chi connectivity index (χ4n) is 3.40. The Labute approximate surface area is 144 Å². The molecule has 0 aromatic heterocycles. The third kappa shape index (κ3) is 6.02. The molecule has 1 saturated carbocycles. The van der Waals surface area contributed by atoms with Crippen molar-refractivity contribution in [3.63, 3.8) is 0 Å². The molecule has 4 amide bonds. The minimum Gasteiger partial charge on any atom is -0.339 e. The summed E-state index contributed by atoms with van der Waals surface area (Å²) in [6, 6.07) is -0.185. The number of amides is 4. The van der Waals surface area contributed by atoms with E-state index in [0.29, 0.717) is 45.1 Å². The summed E-state index contributed by atoms with van der Waals surface area (Å²) in [4.78, 5) is 38.7. The topological polar surface area (TPSA) is 81.8 Å².